The maximum Gasteiger partial charge on any atom is 0.243 e. The van der Waals surface area contributed by atoms with Gasteiger partial charge in [-0.1, -0.05) is 32.9 Å². The second-order valence-electron chi connectivity index (χ2n) is 9.66. The van der Waals surface area contributed by atoms with Gasteiger partial charge in [0.2, 0.25) is 21.8 Å². The van der Waals surface area contributed by atoms with Gasteiger partial charge in [-0.2, -0.15) is 0 Å². The summed E-state index contributed by atoms with van der Waals surface area (Å²) < 4.78 is 28.1. The van der Waals surface area contributed by atoms with Crippen LogP contribution in [0.4, 0.5) is 5.69 Å². The highest BCUT2D eigenvalue weighted by atomic mass is 32.2. The number of sulfonamides is 1. The van der Waals surface area contributed by atoms with Crippen molar-refractivity contribution in [3.8, 4) is 0 Å². The third kappa shape index (κ3) is 6.27. The molecule has 0 aliphatic carbocycles. The maximum atomic E-state index is 12.8. The number of para-hydroxylation sites is 1. The molecule has 1 fully saturated rings. The highest BCUT2D eigenvalue weighted by Crippen LogP contribution is 2.27. The summed E-state index contributed by atoms with van der Waals surface area (Å²) in [6.45, 7) is 12.0. The van der Waals surface area contributed by atoms with Crippen molar-refractivity contribution in [3.63, 3.8) is 0 Å². The lowest BCUT2D eigenvalue weighted by molar-refractivity contribution is -0.142. The largest absolute Gasteiger partial charge is 0.342 e. The first-order valence-corrected chi connectivity index (χ1v) is 11.4. The fourth-order valence-electron chi connectivity index (χ4n) is 3.32. The lowest BCUT2D eigenvalue weighted by atomic mass is 9.90. The van der Waals surface area contributed by atoms with Crippen LogP contribution in [0.2, 0.25) is 0 Å². The molecule has 0 atom stereocenters. The molecule has 29 heavy (non-hydrogen) atoms. The molecule has 1 aliphatic rings. The van der Waals surface area contributed by atoms with E-state index in [2.05, 4.69) is 10.0 Å². The number of nitrogens with one attached hydrogen (secondary N) is 2. The standard InChI is InChI=1S/C21H33N3O4S/c1-20(2,3)19(26)24-13-11-15(12-14-24)18(25)22-16-9-7-8-10-17(16)29(27,28)23-21(4,5)6/h7-10,15,23H,11-14H2,1-6H3,(H,22,25). The van der Waals surface area contributed by atoms with Gasteiger partial charge in [-0.05, 0) is 45.7 Å². The highest BCUT2D eigenvalue weighted by molar-refractivity contribution is 7.89. The van der Waals surface area contributed by atoms with E-state index in [-0.39, 0.29) is 28.3 Å². The summed E-state index contributed by atoms with van der Waals surface area (Å²) in [6, 6.07) is 6.39. The number of piperidine rings is 1. The van der Waals surface area contributed by atoms with Gasteiger partial charge in [0.05, 0.1) is 5.69 Å². The Labute approximate surface area is 174 Å². The van der Waals surface area contributed by atoms with Crippen molar-refractivity contribution in [1.29, 1.82) is 0 Å². The zero-order chi connectivity index (χ0) is 22.0. The number of anilines is 1. The van der Waals surface area contributed by atoms with E-state index in [1.54, 1.807) is 43.9 Å². The molecule has 2 N–H and O–H groups in total. The van der Waals surface area contributed by atoms with Crippen LogP contribution in [-0.4, -0.2) is 43.8 Å². The van der Waals surface area contributed by atoms with Gasteiger partial charge in [-0.3, -0.25) is 9.59 Å². The molecule has 0 bridgehead atoms. The number of likely N-dealkylation sites (tertiary alicyclic amines) is 1. The first-order chi connectivity index (χ1) is 13.2. The SMILES string of the molecule is CC(C)(C)NS(=O)(=O)c1ccccc1NC(=O)C1CCN(C(=O)C(C)(C)C)CC1. The minimum Gasteiger partial charge on any atom is -0.342 e. The molecule has 2 rings (SSSR count). The average molecular weight is 424 g/mol. The molecule has 2 amide bonds. The predicted octanol–water partition coefficient (Wildman–Crippen LogP) is 2.99. The monoisotopic (exact) mass is 423 g/mol. The van der Waals surface area contributed by atoms with E-state index >= 15 is 0 Å². The summed E-state index contributed by atoms with van der Waals surface area (Å²) in [7, 11) is -3.78. The number of amides is 2. The molecule has 0 spiro atoms. The summed E-state index contributed by atoms with van der Waals surface area (Å²) in [6.07, 6.45) is 1.12. The fraction of sp³-hybridized carbons (Fsp3) is 0.619. The van der Waals surface area contributed by atoms with Crippen LogP contribution in [0, 0.1) is 11.3 Å². The zero-order valence-electron chi connectivity index (χ0n) is 18.2. The molecular weight excluding hydrogens is 390 g/mol. The summed E-state index contributed by atoms with van der Waals surface area (Å²) in [5, 5.41) is 2.78. The summed E-state index contributed by atoms with van der Waals surface area (Å²) >= 11 is 0. The van der Waals surface area contributed by atoms with Crippen molar-refractivity contribution in [2.45, 2.75) is 64.8 Å². The number of carbonyl (C=O) groups is 2. The molecule has 0 aromatic heterocycles. The van der Waals surface area contributed by atoms with E-state index in [4.69, 9.17) is 0 Å². The zero-order valence-corrected chi connectivity index (χ0v) is 19.0. The predicted molar refractivity (Wildman–Crippen MR) is 114 cm³/mol. The van der Waals surface area contributed by atoms with Crippen LogP contribution in [0.15, 0.2) is 29.2 Å². The molecule has 0 radical (unpaired) electrons. The topological polar surface area (TPSA) is 95.6 Å². The second-order valence-corrected chi connectivity index (χ2v) is 11.3. The number of nitrogens with zero attached hydrogens (tertiary/aromatic N) is 1. The second kappa shape index (κ2) is 8.44. The normalized spacial score (nSPS) is 16.6. The molecule has 162 valence electrons. The van der Waals surface area contributed by atoms with Crippen LogP contribution in [0.5, 0.6) is 0 Å². The first-order valence-electron chi connectivity index (χ1n) is 9.94. The van der Waals surface area contributed by atoms with Crippen molar-refractivity contribution in [3.05, 3.63) is 24.3 Å². The molecule has 1 aliphatic heterocycles. The molecular formula is C21H33N3O4S. The van der Waals surface area contributed by atoms with E-state index in [0.717, 1.165) is 0 Å². The lowest BCUT2D eigenvalue weighted by Crippen LogP contribution is -2.45. The summed E-state index contributed by atoms with van der Waals surface area (Å²) in [4.78, 5) is 27.0. The summed E-state index contributed by atoms with van der Waals surface area (Å²) in [5.41, 5.74) is -0.812. The van der Waals surface area contributed by atoms with Gasteiger partial charge in [-0.15, -0.1) is 0 Å². The van der Waals surface area contributed by atoms with E-state index in [1.165, 1.54) is 6.07 Å². The Morgan fingerprint density at radius 2 is 1.55 bits per heavy atom. The number of hydrogen-bond acceptors (Lipinski definition) is 4. The van der Waals surface area contributed by atoms with Gasteiger partial charge in [0, 0.05) is 30.0 Å². The number of carbonyl (C=O) groups excluding carboxylic acids is 2. The first kappa shape index (κ1) is 23.3. The number of rotatable bonds is 4. The van der Waals surface area contributed by atoms with Crippen LogP contribution in [-0.2, 0) is 19.6 Å². The average Bonchev–Trinajstić information content (AvgIpc) is 2.58. The Bertz CT molecular complexity index is 859. The smallest absolute Gasteiger partial charge is 0.243 e. The number of benzene rings is 1. The molecule has 7 nitrogen and oxygen atoms in total. The van der Waals surface area contributed by atoms with E-state index < -0.39 is 21.0 Å². The fourth-order valence-corrected chi connectivity index (χ4v) is 4.90. The van der Waals surface area contributed by atoms with Crippen LogP contribution >= 0.6 is 0 Å². The van der Waals surface area contributed by atoms with Gasteiger partial charge in [-0.25, -0.2) is 13.1 Å². The van der Waals surface area contributed by atoms with Crippen LogP contribution in [0.3, 0.4) is 0 Å². The van der Waals surface area contributed by atoms with Crippen molar-refractivity contribution in [2.24, 2.45) is 11.3 Å². The molecule has 1 aromatic carbocycles. The van der Waals surface area contributed by atoms with Gasteiger partial charge in [0.25, 0.3) is 0 Å². The maximum absolute atomic E-state index is 12.8. The Kier molecular flexibility index (Phi) is 6.79. The third-order valence-corrected chi connectivity index (χ3v) is 6.49. The van der Waals surface area contributed by atoms with E-state index in [0.29, 0.717) is 25.9 Å². The molecule has 1 aromatic rings. The van der Waals surface area contributed by atoms with Gasteiger partial charge < -0.3 is 10.2 Å². The molecule has 0 saturated carbocycles. The highest BCUT2D eigenvalue weighted by Gasteiger charge is 2.33. The lowest BCUT2D eigenvalue weighted by Gasteiger charge is -2.35. The Balaban J connectivity index is 2.09. The van der Waals surface area contributed by atoms with E-state index in [1.807, 2.05) is 20.8 Å². The number of hydrogen-bond donors (Lipinski definition) is 2. The quantitative estimate of drug-likeness (QED) is 0.778. The van der Waals surface area contributed by atoms with E-state index in [9.17, 15) is 18.0 Å². The Hall–Kier alpha value is -1.93. The van der Waals surface area contributed by atoms with Crippen LogP contribution in [0.25, 0.3) is 0 Å². The minimum atomic E-state index is -3.78. The Morgan fingerprint density at radius 3 is 2.07 bits per heavy atom. The summed E-state index contributed by atoms with van der Waals surface area (Å²) in [5.74, 6) is -0.391. The van der Waals surface area contributed by atoms with Crippen molar-refractivity contribution >= 4 is 27.5 Å². The van der Waals surface area contributed by atoms with Gasteiger partial charge >= 0.3 is 0 Å². The van der Waals surface area contributed by atoms with Crippen molar-refractivity contribution < 1.29 is 18.0 Å². The van der Waals surface area contributed by atoms with Crippen molar-refractivity contribution in [2.75, 3.05) is 18.4 Å². The molecule has 0 unspecified atom stereocenters. The van der Waals surface area contributed by atoms with Gasteiger partial charge in [0.15, 0.2) is 0 Å². The van der Waals surface area contributed by atoms with Crippen LogP contribution in [0.1, 0.15) is 54.4 Å². The molecule has 1 saturated heterocycles. The Morgan fingerprint density at radius 1 is 1.00 bits per heavy atom. The van der Waals surface area contributed by atoms with Gasteiger partial charge in [0.1, 0.15) is 4.90 Å². The molecule has 1 heterocycles. The minimum absolute atomic E-state index is 0.0450. The third-order valence-electron chi connectivity index (χ3n) is 4.67. The van der Waals surface area contributed by atoms with Crippen molar-refractivity contribution in [1.82, 2.24) is 9.62 Å². The molecule has 8 heteroatoms. The van der Waals surface area contributed by atoms with Crippen LogP contribution < -0.4 is 10.0 Å².